The lowest BCUT2D eigenvalue weighted by Gasteiger charge is -2.19. The second-order valence-corrected chi connectivity index (χ2v) is 6.24. The fourth-order valence-corrected chi connectivity index (χ4v) is 3.18. The standard InChI is InChI=1S/C18H26N4/c1-14-15(2)20-22(16(14)3)12-10-19-17-9-11-21(13-17)18-7-5-4-6-8-18/h4-8,17,19H,9-13H2,1-3H3. The number of aromatic nitrogens is 2. The first kappa shape index (κ1) is 15.1. The van der Waals surface area contributed by atoms with E-state index in [9.17, 15) is 0 Å². The van der Waals surface area contributed by atoms with Crippen LogP contribution in [0.25, 0.3) is 0 Å². The van der Waals surface area contributed by atoms with Crippen LogP contribution in [0.15, 0.2) is 30.3 Å². The number of nitrogens with zero attached hydrogens (tertiary/aromatic N) is 3. The lowest BCUT2D eigenvalue weighted by atomic mass is 10.2. The Bertz CT molecular complexity index is 618. The second-order valence-electron chi connectivity index (χ2n) is 6.24. The SMILES string of the molecule is Cc1nn(CCNC2CCN(c3ccccc3)C2)c(C)c1C. The zero-order chi connectivity index (χ0) is 15.5. The van der Waals surface area contributed by atoms with Gasteiger partial charge in [0.15, 0.2) is 0 Å². The number of anilines is 1. The quantitative estimate of drug-likeness (QED) is 0.921. The van der Waals surface area contributed by atoms with Gasteiger partial charge in [-0.25, -0.2) is 0 Å². The highest BCUT2D eigenvalue weighted by Crippen LogP contribution is 2.19. The highest BCUT2D eigenvalue weighted by molar-refractivity contribution is 5.47. The highest BCUT2D eigenvalue weighted by atomic mass is 15.3. The third-order valence-electron chi connectivity index (χ3n) is 4.81. The van der Waals surface area contributed by atoms with E-state index < -0.39 is 0 Å². The number of nitrogens with one attached hydrogen (secondary N) is 1. The number of benzene rings is 1. The number of para-hydroxylation sites is 1. The molecule has 2 heterocycles. The van der Waals surface area contributed by atoms with Gasteiger partial charge in [0.05, 0.1) is 12.2 Å². The summed E-state index contributed by atoms with van der Waals surface area (Å²) >= 11 is 0. The molecule has 22 heavy (non-hydrogen) atoms. The lowest BCUT2D eigenvalue weighted by molar-refractivity contribution is 0.490. The van der Waals surface area contributed by atoms with Crippen molar-refractivity contribution in [1.82, 2.24) is 15.1 Å². The molecule has 0 aliphatic carbocycles. The van der Waals surface area contributed by atoms with Gasteiger partial charge in [-0.05, 0) is 44.9 Å². The molecule has 0 saturated carbocycles. The van der Waals surface area contributed by atoms with Gasteiger partial charge in [-0.2, -0.15) is 5.10 Å². The maximum atomic E-state index is 4.60. The number of aryl methyl sites for hydroxylation is 1. The molecule has 1 N–H and O–H groups in total. The van der Waals surface area contributed by atoms with Crippen molar-refractivity contribution in [1.29, 1.82) is 0 Å². The third-order valence-corrected chi connectivity index (χ3v) is 4.81. The van der Waals surface area contributed by atoms with E-state index in [1.807, 2.05) is 0 Å². The molecule has 1 aliphatic rings. The minimum atomic E-state index is 0.582. The Morgan fingerprint density at radius 3 is 2.64 bits per heavy atom. The van der Waals surface area contributed by atoms with E-state index in [1.165, 1.54) is 23.4 Å². The predicted octanol–water partition coefficient (Wildman–Crippen LogP) is 2.68. The van der Waals surface area contributed by atoms with Crippen molar-refractivity contribution >= 4 is 5.69 Å². The molecule has 1 aliphatic heterocycles. The Balaban J connectivity index is 1.48. The van der Waals surface area contributed by atoms with E-state index in [-0.39, 0.29) is 0 Å². The molecule has 1 unspecified atom stereocenters. The fourth-order valence-electron chi connectivity index (χ4n) is 3.18. The molecule has 1 aromatic carbocycles. The largest absolute Gasteiger partial charge is 0.370 e. The summed E-state index contributed by atoms with van der Waals surface area (Å²) in [4.78, 5) is 2.46. The van der Waals surface area contributed by atoms with Crippen molar-refractivity contribution in [3.63, 3.8) is 0 Å². The maximum absolute atomic E-state index is 4.60. The molecule has 0 amide bonds. The predicted molar refractivity (Wildman–Crippen MR) is 91.5 cm³/mol. The van der Waals surface area contributed by atoms with Gasteiger partial charge >= 0.3 is 0 Å². The summed E-state index contributed by atoms with van der Waals surface area (Å²) in [6, 6.07) is 11.3. The van der Waals surface area contributed by atoms with Crippen molar-refractivity contribution in [3.8, 4) is 0 Å². The van der Waals surface area contributed by atoms with Crippen LogP contribution in [0, 0.1) is 20.8 Å². The molecule has 1 fully saturated rings. The monoisotopic (exact) mass is 298 g/mol. The van der Waals surface area contributed by atoms with E-state index >= 15 is 0 Å². The topological polar surface area (TPSA) is 33.1 Å². The molecule has 118 valence electrons. The molecular formula is C18H26N4. The van der Waals surface area contributed by atoms with E-state index in [0.29, 0.717) is 6.04 Å². The summed E-state index contributed by atoms with van der Waals surface area (Å²) in [7, 11) is 0. The number of hydrogen-bond acceptors (Lipinski definition) is 3. The molecule has 3 rings (SSSR count). The molecule has 4 heteroatoms. The molecule has 0 spiro atoms. The highest BCUT2D eigenvalue weighted by Gasteiger charge is 2.21. The number of hydrogen-bond donors (Lipinski definition) is 1. The Morgan fingerprint density at radius 1 is 1.18 bits per heavy atom. The van der Waals surface area contributed by atoms with Gasteiger partial charge in [0.2, 0.25) is 0 Å². The van der Waals surface area contributed by atoms with Crippen LogP contribution in [0.3, 0.4) is 0 Å². The summed E-state index contributed by atoms with van der Waals surface area (Å²) in [5.74, 6) is 0. The van der Waals surface area contributed by atoms with Crippen molar-refractivity contribution in [2.45, 2.75) is 39.8 Å². The summed E-state index contributed by atoms with van der Waals surface area (Å²) in [6.45, 7) is 10.6. The van der Waals surface area contributed by atoms with Crippen molar-refractivity contribution in [2.75, 3.05) is 24.5 Å². The first-order chi connectivity index (χ1) is 10.6. The second kappa shape index (κ2) is 6.53. The Hall–Kier alpha value is -1.81. The molecular weight excluding hydrogens is 272 g/mol. The smallest absolute Gasteiger partial charge is 0.0625 e. The van der Waals surface area contributed by atoms with Crippen molar-refractivity contribution in [2.24, 2.45) is 0 Å². The third kappa shape index (κ3) is 3.17. The number of rotatable bonds is 5. The van der Waals surface area contributed by atoms with Crippen LogP contribution < -0.4 is 10.2 Å². The zero-order valence-corrected chi connectivity index (χ0v) is 13.8. The Kier molecular flexibility index (Phi) is 4.48. The van der Waals surface area contributed by atoms with Crippen molar-refractivity contribution in [3.05, 3.63) is 47.3 Å². The maximum Gasteiger partial charge on any atom is 0.0625 e. The fraction of sp³-hybridized carbons (Fsp3) is 0.500. The summed E-state index contributed by atoms with van der Waals surface area (Å²) in [6.07, 6.45) is 1.21. The molecule has 1 saturated heterocycles. The van der Waals surface area contributed by atoms with Crippen LogP contribution in [0.5, 0.6) is 0 Å². The Labute approximate surface area is 133 Å². The van der Waals surface area contributed by atoms with Crippen LogP contribution in [0.2, 0.25) is 0 Å². The molecule has 0 bridgehead atoms. The van der Waals surface area contributed by atoms with Gasteiger partial charge < -0.3 is 10.2 Å². The Morgan fingerprint density at radius 2 is 1.95 bits per heavy atom. The molecule has 1 atom stereocenters. The van der Waals surface area contributed by atoms with Gasteiger partial charge in [0.25, 0.3) is 0 Å². The molecule has 0 radical (unpaired) electrons. The van der Waals surface area contributed by atoms with Crippen LogP contribution in [-0.2, 0) is 6.54 Å². The van der Waals surface area contributed by atoms with Crippen molar-refractivity contribution < 1.29 is 0 Å². The molecule has 2 aromatic rings. The molecule has 1 aromatic heterocycles. The van der Waals surface area contributed by atoms with Crippen LogP contribution >= 0.6 is 0 Å². The summed E-state index contributed by atoms with van der Waals surface area (Å²) in [5.41, 5.74) is 5.09. The lowest BCUT2D eigenvalue weighted by Crippen LogP contribution is -2.34. The average Bonchev–Trinajstić information content (AvgIpc) is 3.10. The normalized spacial score (nSPS) is 18.1. The van der Waals surface area contributed by atoms with Gasteiger partial charge in [-0.3, -0.25) is 4.68 Å². The summed E-state index contributed by atoms with van der Waals surface area (Å²) in [5, 5.41) is 8.29. The van der Waals surface area contributed by atoms with Gasteiger partial charge in [0, 0.05) is 37.1 Å². The van der Waals surface area contributed by atoms with E-state index in [4.69, 9.17) is 0 Å². The van der Waals surface area contributed by atoms with Crippen LogP contribution in [0.4, 0.5) is 5.69 Å². The minimum Gasteiger partial charge on any atom is -0.370 e. The minimum absolute atomic E-state index is 0.582. The zero-order valence-electron chi connectivity index (χ0n) is 13.8. The first-order valence-electron chi connectivity index (χ1n) is 8.19. The summed E-state index contributed by atoms with van der Waals surface area (Å²) < 4.78 is 2.13. The van der Waals surface area contributed by atoms with Gasteiger partial charge in [-0.15, -0.1) is 0 Å². The van der Waals surface area contributed by atoms with Crippen LogP contribution in [0.1, 0.15) is 23.4 Å². The molecule has 4 nitrogen and oxygen atoms in total. The van der Waals surface area contributed by atoms with E-state index in [2.05, 4.69) is 71.1 Å². The first-order valence-corrected chi connectivity index (χ1v) is 8.19. The van der Waals surface area contributed by atoms with Gasteiger partial charge in [-0.1, -0.05) is 18.2 Å². The van der Waals surface area contributed by atoms with E-state index in [0.717, 1.165) is 31.9 Å². The van der Waals surface area contributed by atoms with Gasteiger partial charge in [0.1, 0.15) is 0 Å². The van der Waals surface area contributed by atoms with E-state index in [1.54, 1.807) is 0 Å². The average molecular weight is 298 g/mol. The van der Waals surface area contributed by atoms with Crippen LogP contribution in [-0.4, -0.2) is 35.5 Å².